The Labute approximate surface area is 179 Å². The zero-order valence-corrected chi connectivity index (χ0v) is 19.3. The van der Waals surface area contributed by atoms with Crippen LogP contribution in [-0.4, -0.2) is 19.3 Å². The molecular weight excluding hydrogens is 382 g/mol. The molecule has 29 heavy (non-hydrogen) atoms. The zero-order chi connectivity index (χ0) is 21.2. The van der Waals surface area contributed by atoms with Gasteiger partial charge >= 0.3 is 0 Å². The van der Waals surface area contributed by atoms with Crippen molar-refractivity contribution in [3.05, 3.63) is 24.3 Å². The standard InChI is InChI=1S/C24H43NO3S/c1-2-3-4-5-6-7-8-9-10-11-12-13-14-15-16-17-22-29(27,28)25-23-18-20-24(26)21-19-23/h18-21,25-26H,2-17,22H2,1H3. The zero-order valence-electron chi connectivity index (χ0n) is 18.5. The molecule has 0 radical (unpaired) electrons. The van der Waals surface area contributed by atoms with Gasteiger partial charge in [-0.3, -0.25) is 4.72 Å². The largest absolute Gasteiger partial charge is 0.508 e. The summed E-state index contributed by atoms with van der Waals surface area (Å²) >= 11 is 0. The van der Waals surface area contributed by atoms with Crippen LogP contribution in [0.3, 0.4) is 0 Å². The maximum Gasteiger partial charge on any atom is 0.232 e. The highest BCUT2D eigenvalue weighted by Gasteiger charge is 2.09. The first kappa shape index (κ1) is 25.8. The lowest BCUT2D eigenvalue weighted by atomic mass is 10.0. The fraction of sp³-hybridized carbons (Fsp3) is 0.750. The smallest absolute Gasteiger partial charge is 0.232 e. The van der Waals surface area contributed by atoms with Crippen LogP contribution in [0.1, 0.15) is 110 Å². The van der Waals surface area contributed by atoms with Crippen LogP contribution in [0.15, 0.2) is 24.3 Å². The molecule has 0 aliphatic carbocycles. The lowest BCUT2D eigenvalue weighted by Crippen LogP contribution is -2.16. The number of hydrogen-bond acceptors (Lipinski definition) is 3. The predicted molar refractivity (Wildman–Crippen MR) is 125 cm³/mol. The third kappa shape index (κ3) is 15.3. The van der Waals surface area contributed by atoms with E-state index in [1.54, 1.807) is 12.1 Å². The Bertz CT molecular complexity index is 599. The van der Waals surface area contributed by atoms with Crippen molar-refractivity contribution in [3.8, 4) is 5.75 Å². The monoisotopic (exact) mass is 425 g/mol. The number of benzene rings is 1. The molecule has 0 unspecified atom stereocenters. The number of phenolic OH excluding ortho intramolecular Hbond substituents is 1. The summed E-state index contributed by atoms with van der Waals surface area (Å²) in [6.07, 6.45) is 20.5. The molecule has 0 spiro atoms. The summed E-state index contributed by atoms with van der Waals surface area (Å²) in [5, 5.41) is 9.24. The summed E-state index contributed by atoms with van der Waals surface area (Å²) in [5.41, 5.74) is 0.499. The minimum absolute atomic E-state index is 0.130. The molecule has 1 aromatic carbocycles. The quantitative estimate of drug-likeness (QED) is 0.179. The topological polar surface area (TPSA) is 66.4 Å². The Hall–Kier alpha value is -1.23. The minimum Gasteiger partial charge on any atom is -0.508 e. The van der Waals surface area contributed by atoms with Crippen molar-refractivity contribution in [2.45, 2.75) is 110 Å². The van der Waals surface area contributed by atoms with Gasteiger partial charge < -0.3 is 5.11 Å². The average Bonchev–Trinajstić information content (AvgIpc) is 2.69. The summed E-state index contributed by atoms with van der Waals surface area (Å²) < 4.78 is 26.7. The van der Waals surface area contributed by atoms with E-state index in [2.05, 4.69) is 11.6 Å². The summed E-state index contributed by atoms with van der Waals surface area (Å²) in [6, 6.07) is 6.10. The molecule has 168 valence electrons. The highest BCUT2D eigenvalue weighted by molar-refractivity contribution is 7.92. The second-order valence-corrected chi connectivity index (χ2v) is 10.1. The molecule has 0 atom stereocenters. The molecule has 0 amide bonds. The van der Waals surface area contributed by atoms with Gasteiger partial charge in [-0.1, -0.05) is 103 Å². The molecule has 0 bridgehead atoms. The number of aromatic hydroxyl groups is 1. The Kier molecular flexibility index (Phi) is 14.7. The number of anilines is 1. The average molecular weight is 426 g/mol. The molecule has 0 saturated heterocycles. The summed E-state index contributed by atoms with van der Waals surface area (Å²) in [6.45, 7) is 2.27. The van der Waals surface area contributed by atoms with Gasteiger partial charge in [0.05, 0.1) is 5.75 Å². The molecule has 5 heteroatoms. The van der Waals surface area contributed by atoms with Crippen LogP contribution in [0.25, 0.3) is 0 Å². The van der Waals surface area contributed by atoms with Gasteiger partial charge in [0.25, 0.3) is 0 Å². The number of unbranched alkanes of at least 4 members (excludes halogenated alkanes) is 15. The van der Waals surface area contributed by atoms with Crippen LogP contribution in [0.4, 0.5) is 5.69 Å². The van der Waals surface area contributed by atoms with Crippen LogP contribution in [0.2, 0.25) is 0 Å². The maximum atomic E-state index is 12.1. The lowest BCUT2D eigenvalue weighted by molar-refractivity contribution is 0.475. The van der Waals surface area contributed by atoms with E-state index in [4.69, 9.17) is 0 Å². The van der Waals surface area contributed by atoms with E-state index in [9.17, 15) is 13.5 Å². The Morgan fingerprint density at radius 1 is 0.655 bits per heavy atom. The molecule has 0 fully saturated rings. The Morgan fingerprint density at radius 3 is 1.45 bits per heavy atom. The van der Waals surface area contributed by atoms with E-state index in [-0.39, 0.29) is 11.5 Å². The van der Waals surface area contributed by atoms with Gasteiger partial charge in [-0.25, -0.2) is 8.42 Å². The van der Waals surface area contributed by atoms with Gasteiger partial charge in [-0.2, -0.15) is 0 Å². The number of nitrogens with one attached hydrogen (secondary N) is 1. The molecule has 2 N–H and O–H groups in total. The second-order valence-electron chi connectivity index (χ2n) is 8.27. The first-order valence-corrected chi connectivity index (χ1v) is 13.5. The summed E-state index contributed by atoms with van der Waals surface area (Å²) in [4.78, 5) is 0. The summed E-state index contributed by atoms with van der Waals surface area (Å²) in [5.74, 6) is 0.289. The molecule has 1 rings (SSSR count). The van der Waals surface area contributed by atoms with Crippen molar-refractivity contribution in [2.75, 3.05) is 10.5 Å². The van der Waals surface area contributed by atoms with Crippen molar-refractivity contribution in [3.63, 3.8) is 0 Å². The van der Waals surface area contributed by atoms with E-state index in [1.165, 1.54) is 95.6 Å². The number of sulfonamides is 1. The SMILES string of the molecule is CCCCCCCCCCCCCCCCCCS(=O)(=O)Nc1ccc(O)cc1. The molecule has 0 aliphatic rings. The van der Waals surface area contributed by atoms with Crippen LogP contribution >= 0.6 is 0 Å². The predicted octanol–water partition coefficient (Wildman–Crippen LogP) is 7.40. The highest BCUT2D eigenvalue weighted by Crippen LogP contribution is 2.16. The number of rotatable bonds is 19. The molecule has 4 nitrogen and oxygen atoms in total. The lowest BCUT2D eigenvalue weighted by Gasteiger charge is -2.08. The van der Waals surface area contributed by atoms with E-state index >= 15 is 0 Å². The third-order valence-corrected chi connectivity index (χ3v) is 6.78. The van der Waals surface area contributed by atoms with Crippen LogP contribution in [0, 0.1) is 0 Å². The Morgan fingerprint density at radius 2 is 1.03 bits per heavy atom. The molecule has 1 aromatic rings. The van der Waals surface area contributed by atoms with Crippen molar-refractivity contribution in [2.24, 2.45) is 0 Å². The molecule has 0 saturated carbocycles. The molecule has 0 aliphatic heterocycles. The fourth-order valence-corrected chi connectivity index (χ4v) is 4.78. The molecule has 0 aromatic heterocycles. The van der Waals surface area contributed by atoms with E-state index in [0.717, 1.165) is 12.8 Å². The maximum absolute atomic E-state index is 12.1. The van der Waals surface area contributed by atoms with Crippen molar-refractivity contribution < 1.29 is 13.5 Å². The van der Waals surface area contributed by atoms with Crippen LogP contribution in [-0.2, 0) is 10.0 Å². The van der Waals surface area contributed by atoms with E-state index < -0.39 is 10.0 Å². The Balaban J connectivity index is 1.87. The second kappa shape index (κ2) is 16.6. The number of phenols is 1. The van der Waals surface area contributed by atoms with Crippen molar-refractivity contribution >= 4 is 15.7 Å². The van der Waals surface area contributed by atoms with Crippen LogP contribution < -0.4 is 4.72 Å². The highest BCUT2D eigenvalue weighted by atomic mass is 32.2. The molecule has 0 heterocycles. The first-order valence-electron chi connectivity index (χ1n) is 11.8. The third-order valence-electron chi connectivity index (χ3n) is 5.41. The molecular formula is C24H43NO3S. The van der Waals surface area contributed by atoms with Crippen LogP contribution in [0.5, 0.6) is 5.75 Å². The van der Waals surface area contributed by atoms with Crippen molar-refractivity contribution in [1.82, 2.24) is 0 Å². The van der Waals surface area contributed by atoms with E-state index in [0.29, 0.717) is 12.1 Å². The van der Waals surface area contributed by atoms with Gasteiger partial charge in [0.1, 0.15) is 5.75 Å². The normalized spacial score (nSPS) is 11.6. The van der Waals surface area contributed by atoms with Crippen molar-refractivity contribution in [1.29, 1.82) is 0 Å². The number of hydrogen-bond donors (Lipinski definition) is 2. The fourth-order valence-electron chi connectivity index (χ4n) is 3.60. The van der Waals surface area contributed by atoms with E-state index in [1.807, 2.05) is 0 Å². The van der Waals surface area contributed by atoms with Gasteiger partial charge in [-0.05, 0) is 30.7 Å². The first-order chi connectivity index (χ1) is 14.0. The minimum atomic E-state index is -3.30. The summed E-state index contributed by atoms with van der Waals surface area (Å²) in [7, 11) is -3.30. The van der Waals surface area contributed by atoms with Gasteiger partial charge in [0, 0.05) is 5.69 Å². The van der Waals surface area contributed by atoms with Gasteiger partial charge in [0.15, 0.2) is 0 Å². The van der Waals surface area contributed by atoms with Gasteiger partial charge in [-0.15, -0.1) is 0 Å². The van der Waals surface area contributed by atoms with Gasteiger partial charge in [0.2, 0.25) is 10.0 Å².